The summed E-state index contributed by atoms with van der Waals surface area (Å²) in [7, 11) is 0. The van der Waals surface area contributed by atoms with Crippen molar-refractivity contribution in [2.24, 2.45) is 0 Å². The van der Waals surface area contributed by atoms with Crippen LogP contribution in [-0.4, -0.2) is 6.18 Å². The second-order valence-corrected chi connectivity index (χ2v) is 5.46. The van der Waals surface area contributed by atoms with Gasteiger partial charge in [0.25, 0.3) is 0 Å². The van der Waals surface area contributed by atoms with Crippen LogP contribution in [0.15, 0.2) is 16.6 Å². The van der Waals surface area contributed by atoms with Gasteiger partial charge in [-0.05, 0) is 43.0 Å². The Labute approximate surface area is 112 Å². The summed E-state index contributed by atoms with van der Waals surface area (Å²) in [5, 5.41) is -0.594. The zero-order valence-corrected chi connectivity index (χ0v) is 11.9. The highest BCUT2D eigenvalue weighted by molar-refractivity contribution is 9.10. The third-order valence-electron chi connectivity index (χ3n) is 2.57. The van der Waals surface area contributed by atoms with E-state index in [4.69, 9.17) is 11.6 Å². The molecule has 5 heteroatoms. The molecule has 0 saturated heterocycles. The molecule has 1 rings (SSSR count). The molecule has 1 aromatic rings. The zero-order chi connectivity index (χ0) is 13.2. The highest BCUT2D eigenvalue weighted by atomic mass is 79.9. The SMILES string of the molecule is Cc1cc(C(Cl)CCC(F)(F)F)c(C)cc1Br. The Morgan fingerprint density at radius 2 is 1.82 bits per heavy atom. The van der Waals surface area contributed by atoms with Gasteiger partial charge in [-0.1, -0.05) is 22.0 Å². The Kier molecular flexibility index (Phi) is 4.90. The van der Waals surface area contributed by atoms with Crippen molar-refractivity contribution in [2.45, 2.75) is 38.2 Å². The van der Waals surface area contributed by atoms with Crippen LogP contribution in [0.4, 0.5) is 13.2 Å². The zero-order valence-electron chi connectivity index (χ0n) is 9.54. The van der Waals surface area contributed by atoms with Gasteiger partial charge in [0.1, 0.15) is 0 Å². The summed E-state index contributed by atoms with van der Waals surface area (Å²) in [5.74, 6) is 0. The van der Waals surface area contributed by atoms with Crippen molar-refractivity contribution in [1.29, 1.82) is 0 Å². The van der Waals surface area contributed by atoms with E-state index in [0.29, 0.717) is 0 Å². The molecule has 0 N–H and O–H groups in total. The summed E-state index contributed by atoms with van der Waals surface area (Å²) in [6.07, 6.45) is -5.09. The van der Waals surface area contributed by atoms with Gasteiger partial charge in [0.2, 0.25) is 0 Å². The van der Waals surface area contributed by atoms with Crippen molar-refractivity contribution >= 4 is 27.5 Å². The van der Waals surface area contributed by atoms with Gasteiger partial charge < -0.3 is 0 Å². The Bertz CT molecular complexity index is 401. The molecule has 0 bridgehead atoms. The molecule has 0 aliphatic heterocycles. The minimum absolute atomic E-state index is 0.0903. The van der Waals surface area contributed by atoms with E-state index in [9.17, 15) is 13.2 Å². The number of rotatable bonds is 3. The molecule has 17 heavy (non-hydrogen) atoms. The van der Waals surface area contributed by atoms with Gasteiger partial charge in [0.05, 0.1) is 5.38 Å². The molecule has 0 aromatic heterocycles. The molecule has 0 aliphatic carbocycles. The normalized spacial score (nSPS) is 13.8. The molecule has 0 nitrogen and oxygen atoms in total. The van der Waals surface area contributed by atoms with Gasteiger partial charge in [-0.3, -0.25) is 0 Å². The molecule has 0 heterocycles. The monoisotopic (exact) mass is 328 g/mol. The standard InChI is InChI=1S/C12H13BrClF3/c1-7-6-10(13)8(2)5-9(7)11(14)3-4-12(15,16)17/h5-6,11H,3-4H2,1-2H3. The first-order valence-corrected chi connectivity index (χ1v) is 6.41. The van der Waals surface area contributed by atoms with Gasteiger partial charge in [-0.25, -0.2) is 0 Å². The van der Waals surface area contributed by atoms with Crippen molar-refractivity contribution in [2.75, 3.05) is 0 Å². The third-order valence-corrected chi connectivity index (χ3v) is 3.87. The van der Waals surface area contributed by atoms with Gasteiger partial charge in [-0.2, -0.15) is 13.2 Å². The van der Waals surface area contributed by atoms with E-state index in [1.807, 2.05) is 26.0 Å². The second kappa shape index (κ2) is 5.61. The Hall–Kier alpha value is -0.220. The lowest BCUT2D eigenvalue weighted by Gasteiger charge is -2.15. The highest BCUT2D eigenvalue weighted by Crippen LogP contribution is 2.34. The average Bonchev–Trinajstić information content (AvgIpc) is 2.19. The lowest BCUT2D eigenvalue weighted by molar-refractivity contribution is -0.135. The van der Waals surface area contributed by atoms with Gasteiger partial charge in [0, 0.05) is 10.9 Å². The molecule has 1 atom stereocenters. The fourth-order valence-electron chi connectivity index (χ4n) is 1.59. The van der Waals surface area contributed by atoms with Gasteiger partial charge in [-0.15, -0.1) is 11.6 Å². The van der Waals surface area contributed by atoms with Crippen molar-refractivity contribution in [3.63, 3.8) is 0 Å². The van der Waals surface area contributed by atoms with Crippen LogP contribution in [0.25, 0.3) is 0 Å². The van der Waals surface area contributed by atoms with Crippen LogP contribution < -0.4 is 0 Å². The van der Waals surface area contributed by atoms with Crippen LogP contribution in [0.1, 0.15) is 34.9 Å². The van der Waals surface area contributed by atoms with E-state index in [-0.39, 0.29) is 6.42 Å². The molecule has 0 spiro atoms. The Morgan fingerprint density at radius 1 is 1.24 bits per heavy atom. The molecule has 1 unspecified atom stereocenters. The Morgan fingerprint density at radius 3 is 2.35 bits per heavy atom. The maximum atomic E-state index is 12.1. The summed E-state index contributed by atoms with van der Waals surface area (Å²) in [5.41, 5.74) is 2.66. The maximum Gasteiger partial charge on any atom is 0.389 e. The molecule has 0 radical (unpaired) electrons. The molecule has 0 saturated carbocycles. The average molecular weight is 330 g/mol. The van der Waals surface area contributed by atoms with Crippen molar-refractivity contribution in [1.82, 2.24) is 0 Å². The molecule has 0 fully saturated rings. The van der Waals surface area contributed by atoms with E-state index in [1.165, 1.54) is 0 Å². The van der Waals surface area contributed by atoms with Crippen LogP contribution in [0.3, 0.4) is 0 Å². The fraction of sp³-hybridized carbons (Fsp3) is 0.500. The molecular formula is C12H13BrClF3. The minimum atomic E-state index is -4.15. The van der Waals surface area contributed by atoms with Crippen molar-refractivity contribution in [3.8, 4) is 0 Å². The van der Waals surface area contributed by atoms with Crippen LogP contribution in [0, 0.1) is 13.8 Å². The summed E-state index contributed by atoms with van der Waals surface area (Å²) in [4.78, 5) is 0. The maximum absolute atomic E-state index is 12.1. The van der Waals surface area contributed by atoms with Crippen LogP contribution >= 0.6 is 27.5 Å². The Balaban J connectivity index is 2.82. The highest BCUT2D eigenvalue weighted by Gasteiger charge is 2.28. The summed E-state index contributed by atoms with van der Waals surface area (Å²) in [6, 6.07) is 3.72. The predicted octanol–water partition coefficient (Wildman–Crippen LogP) is 5.69. The molecule has 0 amide bonds. The molecule has 96 valence electrons. The minimum Gasteiger partial charge on any atom is -0.171 e. The van der Waals surface area contributed by atoms with Crippen LogP contribution in [0.2, 0.25) is 0 Å². The number of alkyl halides is 4. The van der Waals surface area contributed by atoms with Crippen LogP contribution in [-0.2, 0) is 0 Å². The predicted molar refractivity (Wildman–Crippen MR) is 67.5 cm³/mol. The van der Waals surface area contributed by atoms with E-state index in [0.717, 1.165) is 21.2 Å². The fourth-order valence-corrected chi connectivity index (χ4v) is 2.39. The summed E-state index contributed by atoms with van der Waals surface area (Å²) < 4.78 is 37.3. The molecular weight excluding hydrogens is 316 g/mol. The van der Waals surface area contributed by atoms with Gasteiger partial charge >= 0.3 is 6.18 Å². The number of halogens is 5. The first-order valence-electron chi connectivity index (χ1n) is 5.18. The first kappa shape index (κ1) is 14.8. The second-order valence-electron chi connectivity index (χ2n) is 4.08. The van der Waals surface area contributed by atoms with E-state index in [1.54, 1.807) is 0 Å². The van der Waals surface area contributed by atoms with E-state index < -0.39 is 18.0 Å². The summed E-state index contributed by atoms with van der Waals surface area (Å²) in [6.45, 7) is 3.74. The topological polar surface area (TPSA) is 0 Å². The third kappa shape index (κ3) is 4.51. The smallest absolute Gasteiger partial charge is 0.171 e. The summed E-state index contributed by atoms with van der Waals surface area (Å²) >= 11 is 9.40. The first-order chi connectivity index (χ1) is 7.70. The van der Waals surface area contributed by atoms with Crippen molar-refractivity contribution < 1.29 is 13.2 Å². The number of hydrogen-bond donors (Lipinski definition) is 0. The molecule has 1 aromatic carbocycles. The number of hydrogen-bond acceptors (Lipinski definition) is 0. The largest absolute Gasteiger partial charge is 0.389 e. The van der Waals surface area contributed by atoms with Gasteiger partial charge in [0.15, 0.2) is 0 Å². The van der Waals surface area contributed by atoms with Crippen LogP contribution in [0.5, 0.6) is 0 Å². The lowest BCUT2D eigenvalue weighted by Crippen LogP contribution is -2.08. The quantitative estimate of drug-likeness (QED) is 0.625. The van der Waals surface area contributed by atoms with E-state index in [2.05, 4.69) is 15.9 Å². The van der Waals surface area contributed by atoms with Crippen molar-refractivity contribution in [3.05, 3.63) is 33.3 Å². The lowest BCUT2D eigenvalue weighted by atomic mass is 10.00. The molecule has 0 aliphatic rings. The number of benzene rings is 1. The van der Waals surface area contributed by atoms with E-state index >= 15 is 0 Å². The number of aryl methyl sites for hydroxylation is 2.